The van der Waals surface area contributed by atoms with Crippen molar-refractivity contribution in [3.05, 3.63) is 29.8 Å². The minimum Gasteiger partial charge on any atom is -0.508 e. The molecule has 0 radical (unpaired) electrons. The van der Waals surface area contributed by atoms with Crippen molar-refractivity contribution in [1.82, 2.24) is 0 Å². The Morgan fingerprint density at radius 3 is 2.64 bits per heavy atom. The molecule has 0 bridgehead atoms. The third-order valence-corrected chi connectivity index (χ3v) is 1.70. The first-order valence-electron chi connectivity index (χ1n) is 4.76. The highest BCUT2D eigenvalue weighted by Crippen LogP contribution is 2.25. The predicted octanol–water partition coefficient (Wildman–Crippen LogP) is 3.21. The number of hydrogen-bond donors (Lipinski definition) is 1. The van der Waals surface area contributed by atoms with Crippen LogP contribution in [-0.2, 0) is 0 Å². The zero-order valence-corrected chi connectivity index (χ0v) is 8.82. The highest BCUT2D eigenvalue weighted by atomic mass is 16.5. The Labute approximate surface area is 84.8 Å². The molecule has 0 unspecified atom stereocenters. The lowest BCUT2D eigenvalue weighted by molar-refractivity contribution is 0.241. The Hall–Kier alpha value is -1.44. The fraction of sp³-hybridized carbons (Fsp3) is 0.333. The number of phenols is 1. The molecule has 2 heteroatoms. The zero-order chi connectivity index (χ0) is 10.6. The molecule has 0 aliphatic carbocycles. The summed E-state index contributed by atoms with van der Waals surface area (Å²) in [6, 6.07) is 5.10. The van der Waals surface area contributed by atoms with Gasteiger partial charge in [-0.1, -0.05) is 12.2 Å². The third-order valence-electron chi connectivity index (χ3n) is 1.70. The van der Waals surface area contributed by atoms with Crippen molar-refractivity contribution in [2.45, 2.75) is 26.9 Å². The first-order valence-corrected chi connectivity index (χ1v) is 4.76. The summed E-state index contributed by atoms with van der Waals surface area (Å²) < 4.78 is 5.59. The molecular weight excluding hydrogens is 176 g/mol. The Kier molecular flexibility index (Phi) is 3.57. The van der Waals surface area contributed by atoms with E-state index in [1.807, 2.05) is 32.9 Å². The van der Waals surface area contributed by atoms with E-state index in [1.54, 1.807) is 18.2 Å². The van der Waals surface area contributed by atoms with Crippen LogP contribution in [0, 0.1) is 0 Å². The van der Waals surface area contributed by atoms with Gasteiger partial charge >= 0.3 is 0 Å². The highest BCUT2D eigenvalue weighted by Gasteiger charge is 2.03. The van der Waals surface area contributed by atoms with Gasteiger partial charge in [0.05, 0.1) is 6.10 Å². The van der Waals surface area contributed by atoms with E-state index in [0.29, 0.717) is 0 Å². The fourth-order valence-corrected chi connectivity index (χ4v) is 1.21. The second-order valence-electron chi connectivity index (χ2n) is 3.39. The van der Waals surface area contributed by atoms with Gasteiger partial charge in [0.25, 0.3) is 0 Å². The van der Waals surface area contributed by atoms with E-state index in [9.17, 15) is 5.11 Å². The van der Waals surface area contributed by atoms with Gasteiger partial charge in [-0.05, 0) is 39.0 Å². The number of phenolic OH excluding ortho intramolecular Hbond substituents is 1. The molecule has 2 nitrogen and oxygen atoms in total. The van der Waals surface area contributed by atoms with Crippen molar-refractivity contribution in [1.29, 1.82) is 0 Å². The van der Waals surface area contributed by atoms with Gasteiger partial charge in [-0.15, -0.1) is 0 Å². The smallest absolute Gasteiger partial charge is 0.127 e. The number of hydrogen-bond acceptors (Lipinski definition) is 2. The topological polar surface area (TPSA) is 29.5 Å². The molecule has 0 heterocycles. The van der Waals surface area contributed by atoms with E-state index < -0.39 is 0 Å². The average Bonchev–Trinajstić information content (AvgIpc) is 2.09. The number of allylic oxidation sites excluding steroid dienone is 1. The molecule has 0 aromatic heterocycles. The summed E-state index contributed by atoms with van der Waals surface area (Å²) in [5.41, 5.74) is 0.904. The normalized spacial score (nSPS) is 11.1. The van der Waals surface area contributed by atoms with E-state index in [0.717, 1.165) is 11.3 Å². The molecule has 14 heavy (non-hydrogen) atoms. The van der Waals surface area contributed by atoms with Crippen LogP contribution in [0.4, 0.5) is 0 Å². The van der Waals surface area contributed by atoms with Gasteiger partial charge in [0, 0.05) is 5.56 Å². The van der Waals surface area contributed by atoms with Crippen molar-refractivity contribution in [2.24, 2.45) is 0 Å². The first-order chi connectivity index (χ1) is 6.63. The summed E-state index contributed by atoms with van der Waals surface area (Å²) in [6.45, 7) is 5.89. The summed E-state index contributed by atoms with van der Waals surface area (Å²) >= 11 is 0. The number of benzene rings is 1. The molecule has 0 aliphatic heterocycles. The van der Waals surface area contributed by atoms with Crippen LogP contribution < -0.4 is 4.74 Å². The van der Waals surface area contributed by atoms with Crippen molar-refractivity contribution < 1.29 is 9.84 Å². The lowest BCUT2D eigenvalue weighted by Gasteiger charge is -2.12. The molecule has 1 N–H and O–H groups in total. The standard InChI is InChI=1S/C12H16O2/c1-4-5-10-8-11(13)6-7-12(10)14-9(2)3/h4-9,13H,1-3H3. The molecule has 1 aromatic carbocycles. The SMILES string of the molecule is CC=Cc1cc(O)ccc1OC(C)C. The van der Waals surface area contributed by atoms with Crippen LogP contribution in [0.1, 0.15) is 26.3 Å². The van der Waals surface area contributed by atoms with Crippen molar-refractivity contribution in [2.75, 3.05) is 0 Å². The van der Waals surface area contributed by atoms with Crippen LogP contribution >= 0.6 is 0 Å². The number of rotatable bonds is 3. The van der Waals surface area contributed by atoms with Crippen molar-refractivity contribution in [3.8, 4) is 11.5 Å². The Morgan fingerprint density at radius 1 is 1.36 bits per heavy atom. The molecule has 0 saturated heterocycles. The van der Waals surface area contributed by atoms with Gasteiger partial charge in [0.1, 0.15) is 11.5 Å². The molecule has 76 valence electrons. The van der Waals surface area contributed by atoms with E-state index in [4.69, 9.17) is 4.74 Å². The molecule has 0 saturated carbocycles. The van der Waals surface area contributed by atoms with Crippen molar-refractivity contribution >= 4 is 6.08 Å². The van der Waals surface area contributed by atoms with Gasteiger partial charge in [-0.3, -0.25) is 0 Å². The monoisotopic (exact) mass is 192 g/mol. The molecule has 0 spiro atoms. The highest BCUT2D eigenvalue weighted by molar-refractivity contribution is 5.59. The maximum absolute atomic E-state index is 9.31. The fourth-order valence-electron chi connectivity index (χ4n) is 1.21. The minimum atomic E-state index is 0.142. The summed E-state index contributed by atoms with van der Waals surface area (Å²) in [6.07, 6.45) is 3.97. The summed E-state index contributed by atoms with van der Waals surface area (Å²) in [5.74, 6) is 1.06. The zero-order valence-electron chi connectivity index (χ0n) is 8.82. The van der Waals surface area contributed by atoms with E-state index >= 15 is 0 Å². The maximum Gasteiger partial charge on any atom is 0.127 e. The van der Waals surface area contributed by atoms with E-state index in [2.05, 4.69) is 0 Å². The van der Waals surface area contributed by atoms with Gasteiger partial charge in [-0.2, -0.15) is 0 Å². The van der Waals surface area contributed by atoms with Gasteiger partial charge in [0.2, 0.25) is 0 Å². The van der Waals surface area contributed by atoms with Gasteiger partial charge < -0.3 is 9.84 Å². The summed E-state index contributed by atoms with van der Waals surface area (Å²) in [7, 11) is 0. The third kappa shape index (κ3) is 2.80. The van der Waals surface area contributed by atoms with E-state index in [1.165, 1.54) is 0 Å². The summed E-state index contributed by atoms with van der Waals surface area (Å²) in [5, 5.41) is 9.31. The van der Waals surface area contributed by atoms with Crippen LogP contribution in [-0.4, -0.2) is 11.2 Å². The molecule has 1 aromatic rings. The van der Waals surface area contributed by atoms with Crippen molar-refractivity contribution in [3.63, 3.8) is 0 Å². The molecule has 1 rings (SSSR count). The van der Waals surface area contributed by atoms with Crippen LogP contribution in [0.3, 0.4) is 0 Å². The van der Waals surface area contributed by atoms with E-state index in [-0.39, 0.29) is 11.9 Å². The second kappa shape index (κ2) is 4.70. The number of ether oxygens (including phenoxy) is 1. The Bertz CT molecular complexity index is 327. The predicted molar refractivity (Wildman–Crippen MR) is 58.6 cm³/mol. The second-order valence-corrected chi connectivity index (χ2v) is 3.39. The van der Waals surface area contributed by atoms with Crippen LogP contribution in [0.25, 0.3) is 6.08 Å². The lowest BCUT2D eigenvalue weighted by Crippen LogP contribution is -2.06. The molecule has 0 aliphatic rings. The Balaban J connectivity index is 3.01. The lowest BCUT2D eigenvalue weighted by atomic mass is 10.1. The molecular formula is C12H16O2. The average molecular weight is 192 g/mol. The minimum absolute atomic E-state index is 0.142. The van der Waals surface area contributed by atoms with Crippen LogP contribution in [0.2, 0.25) is 0 Å². The van der Waals surface area contributed by atoms with Crippen LogP contribution in [0.5, 0.6) is 11.5 Å². The largest absolute Gasteiger partial charge is 0.508 e. The maximum atomic E-state index is 9.31. The molecule has 0 fully saturated rings. The Morgan fingerprint density at radius 2 is 2.07 bits per heavy atom. The summed E-state index contributed by atoms with van der Waals surface area (Å²) in [4.78, 5) is 0. The number of aromatic hydroxyl groups is 1. The van der Waals surface area contributed by atoms with Gasteiger partial charge in [0.15, 0.2) is 0 Å². The molecule has 0 atom stereocenters. The van der Waals surface area contributed by atoms with Crippen LogP contribution in [0.15, 0.2) is 24.3 Å². The van der Waals surface area contributed by atoms with Gasteiger partial charge in [-0.25, -0.2) is 0 Å². The molecule has 0 amide bonds. The first kappa shape index (κ1) is 10.6. The quantitative estimate of drug-likeness (QED) is 0.796.